The molecule has 9 nitrogen and oxygen atoms in total. The molecule has 0 saturated heterocycles. The summed E-state index contributed by atoms with van der Waals surface area (Å²) < 4.78 is 0. The van der Waals surface area contributed by atoms with E-state index < -0.39 is 18.1 Å². The highest BCUT2D eigenvalue weighted by molar-refractivity contribution is 6.30. The fourth-order valence-electron chi connectivity index (χ4n) is 1.43. The number of carbonyl (C=O) groups excluding carboxylic acids is 3. The first-order valence-electron chi connectivity index (χ1n) is 6.62. The van der Waals surface area contributed by atoms with Crippen molar-refractivity contribution >= 4 is 41.3 Å². The van der Waals surface area contributed by atoms with E-state index in [1.54, 1.807) is 0 Å². The molecule has 0 N–H and O–H groups in total. The van der Waals surface area contributed by atoms with E-state index in [2.05, 4.69) is 29.6 Å². The molecule has 136 valence electrons. The predicted molar refractivity (Wildman–Crippen MR) is 83.5 cm³/mol. The molecule has 2 rings (SSSR count). The summed E-state index contributed by atoms with van der Waals surface area (Å²) in [6.45, 7) is 0. The van der Waals surface area contributed by atoms with Gasteiger partial charge in [-0.1, -0.05) is 23.2 Å². The Bertz CT molecular complexity index is 709. The van der Waals surface area contributed by atoms with Crippen LogP contribution in [-0.4, -0.2) is 18.1 Å². The summed E-state index contributed by atoms with van der Waals surface area (Å²) in [7, 11) is 0. The number of benzene rings is 2. The van der Waals surface area contributed by atoms with Crippen LogP contribution >= 0.6 is 23.2 Å². The Morgan fingerprint density at radius 3 is 1.27 bits per heavy atom. The fraction of sp³-hybridized carbons (Fsp3) is 0. The topological polar surface area (TPSA) is 107 Å². The maximum atomic E-state index is 11.5. The largest absolute Gasteiger partial charge is 0.578 e. The van der Waals surface area contributed by atoms with E-state index in [1.165, 1.54) is 48.5 Å². The highest BCUT2D eigenvalue weighted by Crippen LogP contribution is 2.11. The van der Waals surface area contributed by atoms with E-state index in [4.69, 9.17) is 23.2 Å². The lowest BCUT2D eigenvalue weighted by Crippen LogP contribution is -2.14. The monoisotopic (exact) mass is 402 g/mol. The van der Waals surface area contributed by atoms with Gasteiger partial charge in [0, 0.05) is 10.0 Å². The van der Waals surface area contributed by atoms with Crippen molar-refractivity contribution < 1.29 is 44.0 Å². The lowest BCUT2D eigenvalue weighted by atomic mass is 10.2. The Balaban J connectivity index is 1.64. The minimum absolute atomic E-state index is 0.0829. The minimum atomic E-state index is -1.61. The van der Waals surface area contributed by atoms with Crippen molar-refractivity contribution in [1.29, 1.82) is 0 Å². The molecule has 2 aromatic rings. The van der Waals surface area contributed by atoms with Gasteiger partial charge in [0.1, 0.15) is 0 Å². The van der Waals surface area contributed by atoms with E-state index in [0.717, 1.165) is 0 Å². The second kappa shape index (κ2) is 9.59. The fourth-order valence-corrected chi connectivity index (χ4v) is 1.69. The molecule has 0 saturated carbocycles. The summed E-state index contributed by atoms with van der Waals surface area (Å²) >= 11 is 11.3. The van der Waals surface area contributed by atoms with E-state index in [9.17, 15) is 14.4 Å². The van der Waals surface area contributed by atoms with Gasteiger partial charge in [0.05, 0.1) is 21.2 Å². The molecule has 0 radical (unpaired) electrons. The van der Waals surface area contributed by atoms with Gasteiger partial charge in [0.15, 0.2) is 0 Å². The Labute approximate surface area is 155 Å². The SMILES string of the molecule is O=C(OOOC(=O)c1ccc(Cl)cc1)OOOC(=O)c1ccc(Cl)cc1. The van der Waals surface area contributed by atoms with Crippen LogP contribution < -0.4 is 0 Å². The van der Waals surface area contributed by atoms with Crippen LogP contribution in [0.5, 0.6) is 0 Å². The second-order valence-corrected chi connectivity index (χ2v) is 5.18. The van der Waals surface area contributed by atoms with Crippen LogP contribution in [0, 0.1) is 0 Å². The molecule has 0 fully saturated rings. The Hall–Kier alpha value is -2.85. The summed E-state index contributed by atoms with van der Waals surface area (Å²) in [6, 6.07) is 11.2. The van der Waals surface area contributed by atoms with Crippen LogP contribution in [0.25, 0.3) is 0 Å². The molecule has 0 amide bonds. The maximum absolute atomic E-state index is 11.5. The first-order chi connectivity index (χ1) is 12.5. The third kappa shape index (κ3) is 6.22. The first-order valence-corrected chi connectivity index (χ1v) is 7.37. The summed E-state index contributed by atoms with van der Waals surface area (Å²) in [5, 5.41) is 8.63. The van der Waals surface area contributed by atoms with Crippen LogP contribution in [0.1, 0.15) is 20.7 Å². The van der Waals surface area contributed by atoms with Gasteiger partial charge in [-0.25, -0.2) is 19.4 Å². The summed E-state index contributed by atoms with van der Waals surface area (Å²) in [4.78, 5) is 50.2. The molecular formula is C15H8Cl2O9. The molecule has 2 aromatic carbocycles. The van der Waals surface area contributed by atoms with E-state index in [-0.39, 0.29) is 11.1 Å². The number of carbonyl (C=O) groups is 3. The summed E-state index contributed by atoms with van der Waals surface area (Å²) in [5.74, 6) is -1.94. The zero-order chi connectivity index (χ0) is 18.9. The molecule has 0 unspecified atom stereocenters. The summed E-state index contributed by atoms with van der Waals surface area (Å²) in [5.41, 5.74) is 0.166. The van der Waals surface area contributed by atoms with E-state index >= 15 is 0 Å². The van der Waals surface area contributed by atoms with Crippen molar-refractivity contribution in [3.8, 4) is 0 Å². The summed E-state index contributed by atoms with van der Waals surface area (Å²) in [6.07, 6.45) is -1.61. The van der Waals surface area contributed by atoms with Crippen LogP contribution in [0.3, 0.4) is 0 Å². The van der Waals surface area contributed by atoms with Crippen molar-refractivity contribution in [1.82, 2.24) is 0 Å². The quantitative estimate of drug-likeness (QED) is 0.525. The van der Waals surface area contributed by atoms with Gasteiger partial charge in [-0.15, -0.1) is 0 Å². The molecule has 0 aliphatic heterocycles. The zero-order valence-electron chi connectivity index (χ0n) is 12.5. The van der Waals surface area contributed by atoms with Crippen molar-refractivity contribution in [2.45, 2.75) is 0 Å². The Morgan fingerprint density at radius 1 is 0.577 bits per heavy atom. The predicted octanol–water partition coefficient (Wildman–Crippen LogP) is 3.85. The molecular weight excluding hydrogens is 395 g/mol. The Morgan fingerprint density at radius 2 is 0.923 bits per heavy atom. The van der Waals surface area contributed by atoms with Crippen LogP contribution in [-0.2, 0) is 29.6 Å². The van der Waals surface area contributed by atoms with Gasteiger partial charge < -0.3 is 0 Å². The van der Waals surface area contributed by atoms with Gasteiger partial charge >= 0.3 is 18.1 Å². The highest BCUT2D eigenvalue weighted by atomic mass is 35.5. The number of hydrogen-bond acceptors (Lipinski definition) is 9. The van der Waals surface area contributed by atoms with Crippen molar-refractivity contribution in [2.24, 2.45) is 0 Å². The van der Waals surface area contributed by atoms with Gasteiger partial charge in [-0.2, -0.15) is 4.79 Å². The zero-order valence-corrected chi connectivity index (χ0v) is 14.1. The van der Waals surface area contributed by atoms with E-state index in [1.807, 2.05) is 0 Å². The van der Waals surface area contributed by atoms with Crippen LogP contribution in [0.4, 0.5) is 4.79 Å². The highest BCUT2D eigenvalue weighted by Gasteiger charge is 2.15. The van der Waals surface area contributed by atoms with Gasteiger partial charge in [0.2, 0.25) is 0 Å². The van der Waals surface area contributed by atoms with Crippen molar-refractivity contribution in [2.75, 3.05) is 0 Å². The first kappa shape index (κ1) is 19.5. The third-order valence-electron chi connectivity index (χ3n) is 2.58. The molecule has 11 heteroatoms. The van der Waals surface area contributed by atoms with Crippen LogP contribution in [0.15, 0.2) is 48.5 Å². The normalized spacial score (nSPS) is 9.92. The average Bonchev–Trinajstić information content (AvgIpc) is 2.62. The second-order valence-electron chi connectivity index (χ2n) is 4.31. The molecule has 0 heterocycles. The lowest BCUT2D eigenvalue weighted by molar-refractivity contribution is -0.497. The molecule has 0 aromatic heterocycles. The number of hydrogen-bond donors (Lipinski definition) is 0. The minimum Gasteiger partial charge on any atom is -0.254 e. The number of halogens is 2. The molecule has 0 spiro atoms. The lowest BCUT2D eigenvalue weighted by Gasteiger charge is -2.03. The van der Waals surface area contributed by atoms with Gasteiger partial charge in [0.25, 0.3) is 0 Å². The van der Waals surface area contributed by atoms with E-state index in [0.29, 0.717) is 10.0 Å². The molecule has 26 heavy (non-hydrogen) atoms. The van der Waals surface area contributed by atoms with Gasteiger partial charge in [-0.05, 0) is 48.5 Å². The van der Waals surface area contributed by atoms with Crippen LogP contribution in [0.2, 0.25) is 10.0 Å². The molecule has 0 aliphatic rings. The van der Waals surface area contributed by atoms with Crippen molar-refractivity contribution in [3.63, 3.8) is 0 Å². The third-order valence-corrected chi connectivity index (χ3v) is 3.09. The molecule has 0 bridgehead atoms. The van der Waals surface area contributed by atoms with Crippen molar-refractivity contribution in [3.05, 3.63) is 69.7 Å². The Kier molecular flexibility index (Phi) is 7.18. The number of rotatable bonds is 6. The van der Waals surface area contributed by atoms with Gasteiger partial charge in [-0.3, -0.25) is 9.78 Å². The average molecular weight is 403 g/mol. The maximum Gasteiger partial charge on any atom is 0.578 e. The molecule has 0 atom stereocenters. The molecule has 0 aliphatic carbocycles. The smallest absolute Gasteiger partial charge is 0.254 e. The standard InChI is InChI=1S/C15H8Cl2O9/c16-11-5-1-9(2-6-11)13(18)21-25-23-15(20)24-26-22-14(19)10-3-7-12(17)8-4-10/h1-8H.